The number of carboxylic acid groups (broad SMARTS) is 1. The smallest absolute Gasteiger partial charge is 0.307 e. The van der Waals surface area contributed by atoms with E-state index in [0.29, 0.717) is 12.1 Å². The minimum atomic E-state index is -1.09. The number of rotatable bonds is 6. The Bertz CT molecular complexity index is 521. The predicted molar refractivity (Wildman–Crippen MR) is 79.7 cm³/mol. The first-order chi connectivity index (χ1) is 9.67. The molecule has 0 aliphatic carbocycles. The summed E-state index contributed by atoms with van der Waals surface area (Å²) in [6, 6.07) is 4.05. The van der Waals surface area contributed by atoms with Crippen molar-refractivity contribution in [3.05, 3.63) is 29.6 Å². The van der Waals surface area contributed by atoms with Crippen LogP contribution in [0.15, 0.2) is 18.2 Å². The molecule has 0 bridgehead atoms. The summed E-state index contributed by atoms with van der Waals surface area (Å²) in [5, 5.41) is 11.3. The van der Waals surface area contributed by atoms with E-state index in [0.717, 1.165) is 18.9 Å². The Morgan fingerprint density at radius 2 is 1.95 bits per heavy atom. The van der Waals surface area contributed by atoms with Crippen molar-refractivity contribution < 1.29 is 19.1 Å². The van der Waals surface area contributed by atoms with Gasteiger partial charge in [-0.1, -0.05) is 26.8 Å². The summed E-state index contributed by atoms with van der Waals surface area (Å²) in [5.41, 5.74) is 0.640. The largest absolute Gasteiger partial charge is 0.481 e. The Morgan fingerprint density at radius 3 is 2.48 bits per heavy atom. The predicted octanol–water partition coefficient (Wildman–Crippen LogP) is 3.61. The van der Waals surface area contributed by atoms with Crippen molar-refractivity contribution >= 4 is 17.6 Å². The Kier molecular flexibility index (Phi) is 5.88. The van der Waals surface area contributed by atoms with Gasteiger partial charge in [-0.05, 0) is 36.0 Å². The molecule has 0 atom stereocenters. The Hall–Kier alpha value is -1.91. The number of benzene rings is 1. The third-order valence-corrected chi connectivity index (χ3v) is 3.01. The number of nitrogens with one attached hydrogen (secondary N) is 1. The first kappa shape index (κ1) is 17.1. The van der Waals surface area contributed by atoms with Crippen molar-refractivity contribution in [2.24, 2.45) is 5.41 Å². The zero-order chi connectivity index (χ0) is 16.0. The summed E-state index contributed by atoms with van der Waals surface area (Å²) in [4.78, 5) is 22.3. The van der Waals surface area contributed by atoms with E-state index in [9.17, 15) is 14.0 Å². The van der Waals surface area contributed by atoms with Crippen LogP contribution in [0.25, 0.3) is 0 Å². The maximum atomic E-state index is 13.7. The third kappa shape index (κ3) is 6.88. The normalized spacial score (nSPS) is 11.2. The fourth-order valence-electron chi connectivity index (χ4n) is 1.93. The molecule has 0 saturated carbocycles. The van der Waals surface area contributed by atoms with Crippen LogP contribution in [0, 0.1) is 11.2 Å². The second kappa shape index (κ2) is 7.20. The number of amides is 1. The summed E-state index contributed by atoms with van der Waals surface area (Å²) in [6.45, 7) is 6.34. The molecule has 1 aromatic rings. The SMILES string of the molecule is CC(C)(C)CCCC(=O)Nc1ccc(CC(=O)O)c(F)c1. The van der Waals surface area contributed by atoms with E-state index >= 15 is 0 Å². The number of carbonyl (C=O) groups excluding carboxylic acids is 1. The quantitative estimate of drug-likeness (QED) is 0.842. The van der Waals surface area contributed by atoms with E-state index in [-0.39, 0.29) is 23.3 Å². The van der Waals surface area contributed by atoms with Gasteiger partial charge in [0.2, 0.25) is 5.91 Å². The van der Waals surface area contributed by atoms with Gasteiger partial charge in [-0.3, -0.25) is 9.59 Å². The fraction of sp³-hybridized carbons (Fsp3) is 0.500. The lowest BCUT2D eigenvalue weighted by atomic mass is 9.90. The molecule has 1 aromatic carbocycles. The van der Waals surface area contributed by atoms with Gasteiger partial charge in [0, 0.05) is 12.1 Å². The molecule has 0 aromatic heterocycles. The van der Waals surface area contributed by atoms with Gasteiger partial charge in [0.15, 0.2) is 0 Å². The van der Waals surface area contributed by atoms with Gasteiger partial charge < -0.3 is 10.4 Å². The number of hydrogen-bond donors (Lipinski definition) is 2. The summed E-state index contributed by atoms with van der Waals surface area (Å²) in [7, 11) is 0. The van der Waals surface area contributed by atoms with Gasteiger partial charge in [0.25, 0.3) is 0 Å². The topological polar surface area (TPSA) is 66.4 Å². The molecule has 0 heterocycles. The van der Waals surface area contributed by atoms with Crippen molar-refractivity contribution in [3.8, 4) is 0 Å². The van der Waals surface area contributed by atoms with Gasteiger partial charge >= 0.3 is 5.97 Å². The molecule has 5 heteroatoms. The van der Waals surface area contributed by atoms with Gasteiger partial charge in [-0.25, -0.2) is 4.39 Å². The zero-order valence-corrected chi connectivity index (χ0v) is 12.7. The van der Waals surface area contributed by atoms with E-state index in [4.69, 9.17) is 5.11 Å². The Balaban J connectivity index is 2.53. The second-order valence-corrected chi connectivity index (χ2v) is 6.34. The van der Waals surface area contributed by atoms with Crippen LogP contribution >= 0.6 is 0 Å². The van der Waals surface area contributed by atoms with E-state index < -0.39 is 11.8 Å². The van der Waals surface area contributed by atoms with Crippen molar-refractivity contribution in [1.82, 2.24) is 0 Å². The molecule has 0 aliphatic heterocycles. The van der Waals surface area contributed by atoms with Crippen LogP contribution in [-0.2, 0) is 16.0 Å². The number of carbonyl (C=O) groups is 2. The van der Waals surface area contributed by atoms with Crippen LogP contribution in [0.5, 0.6) is 0 Å². The lowest BCUT2D eigenvalue weighted by molar-refractivity contribution is -0.136. The highest BCUT2D eigenvalue weighted by molar-refractivity contribution is 5.90. The highest BCUT2D eigenvalue weighted by atomic mass is 19.1. The van der Waals surface area contributed by atoms with Crippen LogP contribution in [0.4, 0.5) is 10.1 Å². The van der Waals surface area contributed by atoms with Crippen LogP contribution in [0.3, 0.4) is 0 Å². The third-order valence-electron chi connectivity index (χ3n) is 3.01. The second-order valence-electron chi connectivity index (χ2n) is 6.34. The minimum absolute atomic E-state index is 0.105. The Morgan fingerprint density at radius 1 is 1.29 bits per heavy atom. The number of anilines is 1. The lowest BCUT2D eigenvalue weighted by Crippen LogP contribution is -2.13. The van der Waals surface area contributed by atoms with Gasteiger partial charge in [-0.2, -0.15) is 0 Å². The lowest BCUT2D eigenvalue weighted by Gasteiger charge is -2.17. The van der Waals surface area contributed by atoms with Crippen molar-refractivity contribution in [2.45, 2.75) is 46.5 Å². The summed E-state index contributed by atoms with van der Waals surface area (Å²) in [6.07, 6.45) is 1.72. The van der Waals surface area contributed by atoms with Gasteiger partial charge in [0.1, 0.15) is 5.82 Å². The number of hydrogen-bond acceptors (Lipinski definition) is 2. The highest BCUT2D eigenvalue weighted by Crippen LogP contribution is 2.22. The summed E-state index contributed by atoms with van der Waals surface area (Å²) in [5.74, 6) is -1.87. The Labute approximate surface area is 124 Å². The van der Waals surface area contributed by atoms with Gasteiger partial charge in [0.05, 0.1) is 6.42 Å². The zero-order valence-electron chi connectivity index (χ0n) is 12.7. The molecule has 0 unspecified atom stereocenters. The molecule has 1 rings (SSSR count). The number of halogens is 1. The van der Waals surface area contributed by atoms with Crippen molar-refractivity contribution in [2.75, 3.05) is 5.32 Å². The molecule has 0 fully saturated rings. The first-order valence-corrected chi connectivity index (χ1v) is 6.97. The van der Waals surface area contributed by atoms with Crippen molar-refractivity contribution in [1.29, 1.82) is 0 Å². The average Bonchev–Trinajstić information content (AvgIpc) is 2.30. The molecule has 116 valence electrons. The average molecular weight is 295 g/mol. The number of aliphatic carboxylic acids is 1. The maximum Gasteiger partial charge on any atom is 0.307 e. The van der Waals surface area contributed by atoms with Crippen LogP contribution in [-0.4, -0.2) is 17.0 Å². The molecule has 2 N–H and O–H groups in total. The molecule has 1 amide bonds. The molecule has 21 heavy (non-hydrogen) atoms. The highest BCUT2D eigenvalue weighted by Gasteiger charge is 2.12. The van der Waals surface area contributed by atoms with Gasteiger partial charge in [-0.15, -0.1) is 0 Å². The van der Waals surface area contributed by atoms with Crippen molar-refractivity contribution in [3.63, 3.8) is 0 Å². The van der Waals surface area contributed by atoms with Crippen LogP contribution < -0.4 is 5.32 Å². The van der Waals surface area contributed by atoms with Crippen LogP contribution in [0.2, 0.25) is 0 Å². The molecule has 4 nitrogen and oxygen atoms in total. The fourth-order valence-corrected chi connectivity index (χ4v) is 1.93. The molecule has 0 radical (unpaired) electrons. The number of carboxylic acids is 1. The molecular weight excluding hydrogens is 273 g/mol. The van der Waals surface area contributed by atoms with E-state index in [1.807, 2.05) is 0 Å². The molecule has 0 saturated heterocycles. The van der Waals surface area contributed by atoms with Crippen LogP contribution in [0.1, 0.15) is 45.6 Å². The van der Waals surface area contributed by atoms with E-state index in [1.54, 1.807) is 0 Å². The summed E-state index contributed by atoms with van der Waals surface area (Å²) >= 11 is 0. The van der Waals surface area contributed by atoms with E-state index in [2.05, 4.69) is 26.1 Å². The van der Waals surface area contributed by atoms with E-state index in [1.165, 1.54) is 12.1 Å². The minimum Gasteiger partial charge on any atom is -0.481 e. The molecule has 0 spiro atoms. The monoisotopic (exact) mass is 295 g/mol. The standard InChI is InChI=1S/C16H22FNO3/c1-16(2,3)8-4-5-14(19)18-12-7-6-11(9-15(20)21)13(17)10-12/h6-7,10H,4-5,8-9H2,1-3H3,(H,18,19)(H,20,21). The summed E-state index contributed by atoms with van der Waals surface area (Å²) < 4.78 is 13.7. The first-order valence-electron chi connectivity index (χ1n) is 6.97. The molecule has 0 aliphatic rings. The maximum absolute atomic E-state index is 13.7. The molecular formula is C16H22FNO3.